The number of anilines is 1. The Balaban J connectivity index is 2.21. The Labute approximate surface area is 100 Å². The number of imidazole rings is 1. The molecule has 4 heteroatoms. The minimum absolute atomic E-state index is 0.0397. The van der Waals surface area contributed by atoms with Crippen molar-refractivity contribution < 1.29 is 0 Å². The van der Waals surface area contributed by atoms with Gasteiger partial charge in [0, 0.05) is 12.2 Å². The van der Waals surface area contributed by atoms with Crippen molar-refractivity contribution in [1.29, 1.82) is 0 Å². The summed E-state index contributed by atoms with van der Waals surface area (Å²) in [6, 6.07) is 5.54. The summed E-state index contributed by atoms with van der Waals surface area (Å²) >= 11 is 0. The number of unbranched alkanes of at least 4 members (excludes halogenated alkanes) is 3. The van der Waals surface area contributed by atoms with Gasteiger partial charge in [-0.3, -0.25) is 4.57 Å². The molecule has 0 aliphatic rings. The number of hydrogen-bond acceptors (Lipinski definition) is 2. The van der Waals surface area contributed by atoms with Crippen LogP contribution in [0.15, 0.2) is 23.0 Å². The van der Waals surface area contributed by atoms with E-state index in [0.717, 1.165) is 24.0 Å². The molecule has 0 amide bonds. The van der Waals surface area contributed by atoms with Crippen LogP contribution in [0.4, 0.5) is 5.69 Å². The zero-order valence-corrected chi connectivity index (χ0v) is 10.2. The second-order valence-corrected chi connectivity index (χ2v) is 4.42. The summed E-state index contributed by atoms with van der Waals surface area (Å²) < 4.78 is 1.80. The molecule has 92 valence electrons. The SMILES string of the molecule is CCCCCCn1c(=O)[nH]c2cc(N)ccc21. The number of rotatable bonds is 5. The number of fused-ring (bicyclic) bond motifs is 1. The summed E-state index contributed by atoms with van der Waals surface area (Å²) in [5, 5.41) is 0. The highest BCUT2D eigenvalue weighted by Crippen LogP contribution is 2.14. The van der Waals surface area contributed by atoms with Crippen LogP contribution in [0.25, 0.3) is 11.0 Å². The van der Waals surface area contributed by atoms with Crippen LogP contribution in [-0.2, 0) is 6.54 Å². The second-order valence-electron chi connectivity index (χ2n) is 4.42. The summed E-state index contributed by atoms with van der Waals surface area (Å²) in [5.41, 5.74) is 8.10. The van der Waals surface area contributed by atoms with Crippen LogP contribution in [0.2, 0.25) is 0 Å². The summed E-state index contributed by atoms with van der Waals surface area (Å²) in [6.45, 7) is 2.96. The molecule has 17 heavy (non-hydrogen) atoms. The summed E-state index contributed by atoms with van der Waals surface area (Å²) in [7, 11) is 0. The van der Waals surface area contributed by atoms with Crippen molar-refractivity contribution in [1.82, 2.24) is 9.55 Å². The van der Waals surface area contributed by atoms with Gasteiger partial charge in [-0.1, -0.05) is 26.2 Å². The molecule has 1 aromatic carbocycles. The van der Waals surface area contributed by atoms with Crippen LogP contribution in [0.1, 0.15) is 32.6 Å². The van der Waals surface area contributed by atoms with Crippen molar-refractivity contribution in [2.45, 2.75) is 39.2 Å². The van der Waals surface area contributed by atoms with Crippen molar-refractivity contribution in [3.05, 3.63) is 28.7 Å². The van der Waals surface area contributed by atoms with E-state index >= 15 is 0 Å². The Bertz CT molecular complexity index is 553. The van der Waals surface area contributed by atoms with Crippen molar-refractivity contribution >= 4 is 16.7 Å². The van der Waals surface area contributed by atoms with Gasteiger partial charge in [-0.25, -0.2) is 4.79 Å². The summed E-state index contributed by atoms with van der Waals surface area (Å²) in [5.74, 6) is 0. The number of nitrogens with two attached hydrogens (primary N) is 1. The Hall–Kier alpha value is -1.71. The topological polar surface area (TPSA) is 63.8 Å². The van der Waals surface area contributed by atoms with Crippen LogP contribution in [0.5, 0.6) is 0 Å². The molecular formula is C13H19N3O. The molecule has 0 spiro atoms. The van der Waals surface area contributed by atoms with Crippen molar-refractivity contribution in [2.24, 2.45) is 0 Å². The lowest BCUT2D eigenvalue weighted by Crippen LogP contribution is -2.16. The van der Waals surface area contributed by atoms with E-state index in [9.17, 15) is 4.79 Å². The van der Waals surface area contributed by atoms with Gasteiger partial charge in [-0.2, -0.15) is 0 Å². The number of nitrogens with zero attached hydrogens (tertiary/aromatic N) is 1. The van der Waals surface area contributed by atoms with E-state index < -0.39 is 0 Å². The lowest BCUT2D eigenvalue weighted by molar-refractivity contribution is 0.581. The third-order valence-electron chi connectivity index (χ3n) is 3.03. The van der Waals surface area contributed by atoms with Gasteiger partial charge in [-0.05, 0) is 24.6 Å². The first-order valence-corrected chi connectivity index (χ1v) is 6.20. The van der Waals surface area contributed by atoms with Crippen LogP contribution in [0, 0.1) is 0 Å². The smallest absolute Gasteiger partial charge is 0.326 e. The van der Waals surface area contributed by atoms with Gasteiger partial charge >= 0.3 is 5.69 Å². The maximum absolute atomic E-state index is 11.8. The summed E-state index contributed by atoms with van der Waals surface area (Å²) in [4.78, 5) is 14.6. The van der Waals surface area contributed by atoms with Gasteiger partial charge in [0.25, 0.3) is 0 Å². The normalized spacial score (nSPS) is 11.1. The Morgan fingerprint density at radius 3 is 2.88 bits per heavy atom. The van der Waals surface area contributed by atoms with E-state index in [1.54, 1.807) is 10.6 Å². The maximum atomic E-state index is 11.8. The van der Waals surface area contributed by atoms with Crippen LogP contribution < -0.4 is 11.4 Å². The average molecular weight is 233 g/mol. The predicted molar refractivity (Wildman–Crippen MR) is 71.1 cm³/mol. The van der Waals surface area contributed by atoms with Crippen molar-refractivity contribution in [3.8, 4) is 0 Å². The first-order valence-electron chi connectivity index (χ1n) is 6.20. The highest BCUT2D eigenvalue weighted by molar-refractivity contribution is 5.78. The van der Waals surface area contributed by atoms with Gasteiger partial charge in [0.15, 0.2) is 0 Å². The molecule has 0 aliphatic carbocycles. The zero-order valence-electron chi connectivity index (χ0n) is 10.2. The van der Waals surface area contributed by atoms with E-state index in [2.05, 4.69) is 11.9 Å². The molecule has 0 unspecified atom stereocenters. The van der Waals surface area contributed by atoms with Gasteiger partial charge in [0.05, 0.1) is 11.0 Å². The molecule has 4 nitrogen and oxygen atoms in total. The van der Waals surface area contributed by atoms with Gasteiger partial charge in [-0.15, -0.1) is 0 Å². The number of nitrogens with one attached hydrogen (secondary N) is 1. The number of aromatic nitrogens is 2. The molecule has 0 saturated heterocycles. The van der Waals surface area contributed by atoms with Gasteiger partial charge < -0.3 is 10.7 Å². The fraction of sp³-hybridized carbons (Fsp3) is 0.462. The number of aryl methyl sites for hydroxylation is 1. The Kier molecular flexibility index (Phi) is 3.52. The monoisotopic (exact) mass is 233 g/mol. The minimum atomic E-state index is -0.0397. The number of H-pyrrole nitrogens is 1. The minimum Gasteiger partial charge on any atom is -0.399 e. The molecule has 2 aromatic rings. The second kappa shape index (κ2) is 5.08. The lowest BCUT2D eigenvalue weighted by atomic mass is 10.2. The fourth-order valence-corrected chi connectivity index (χ4v) is 2.10. The molecule has 1 heterocycles. The number of aromatic amines is 1. The quantitative estimate of drug-likeness (QED) is 0.615. The number of nitrogen functional groups attached to an aromatic ring is 1. The van der Waals surface area contributed by atoms with E-state index in [4.69, 9.17) is 5.73 Å². The molecule has 0 atom stereocenters. The first kappa shape index (κ1) is 11.8. The lowest BCUT2D eigenvalue weighted by Gasteiger charge is -2.03. The molecule has 2 rings (SSSR count). The zero-order chi connectivity index (χ0) is 12.3. The van der Waals surface area contributed by atoms with Gasteiger partial charge in [0.2, 0.25) is 0 Å². The van der Waals surface area contributed by atoms with E-state index in [-0.39, 0.29) is 5.69 Å². The fourth-order valence-electron chi connectivity index (χ4n) is 2.10. The predicted octanol–water partition coefficient (Wildman–Crippen LogP) is 2.49. The molecule has 1 aromatic heterocycles. The van der Waals surface area contributed by atoms with Crippen molar-refractivity contribution in [3.63, 3.8) is 0 Å². The van der Waals surface area contributed by atoms with Crippen LogP contribution in [-0.4, -0.2) is 9.55 Å². The largest absolute Gasteiger partial charge is 0.399 e. The third kappa shape index (κ3) is 2.52. The molecule has 0 radical (unpaired) electrons. The Morgan fingerprint density at radius 2 is 2.12 bits per heavy atom. The molecule has 3 N–H and O–H groups in total. The number of hydrogen-bond donors (Lipinski definition) is 2. The maximum Gasteiger partial charge on any atom is 0.326 e. The van der Waals surface area contributed by atoms with E-state index in [1.807, 2.05) is 12.1 Å². The Morgan fingerprint density at radius 1 is 1.29 bits per heavy atom. The standard InChI is InChI=1S/C13H19N3O/c1-2-3-4-5-8-16-12-7-6-10(14)9-11(12)15-13(16)17/h6-7,9H,2-5,8,14H2,1H3,(H,15,17). The molecule has 0 fully saturated rings. The number of benzene rings is 1. The molecule has 0 saturated carbocycles. The molecule has 0 bridgehead atoms. The third-order valence-corrected chi connectivity index (χ3v) is 3.03. The van der Waals surface area contributed by atoms with Crippen molar-refractivity contribution in [2.75, 3.05) is 5.73 Å². The highest BCUT2D eigenvalue weighted by atomic mass is 16.1. The van der Waals surface area contributed by atoms with E-state index in [1.165, 1.54) is 19.3 Å². The summed E-state index contributed by atoms with van der Waals surface area (Å²) in [6.07, 6.45) is 4.65. The molecular weight excluding hydrogens is 214 g/mol. The highest BCUT2D eigenvalue weighted by Gasteiger charge is 2.05. The first-order chi connectivity index (χ1) is 8.22. The van der Waals surface area contributed by atoms with Crippen LogP contribution in [0.3, 0.4) is 0 Å². The molecule has 0 aliphatic heterocycles. The van der Waals surface area contributed by atoms with E-state index in [0.29, 0.717) is 5.69 Å². The van der Waals surface area contributed by atoms with Gasteiger partial charge in [0.1, 0.15) is 0 Å². The van der Waals surface area contributed by atoms with Crippen LogP contribution >= 0.6 is 0 Å². The average Bonchev–Trinajstić information content (AvgIpc) is 2.60.